The number of hydrogen-bond donors (Lipinski definition) is 0. The van der Waals surface area contributed by atoms with Crippen molar-refractivity contribution in [1.82, 2.24) is 9.97 Å². The van der Waals surface area contributed by atoms with E-state index in [0.717, 1.165) is 42.0 Å². The van der Waals surface area contributed by atoms with E-state index in [1.165, 1.54) is 23.8 Å². The van der Waals surface area contributed by atoms with E-state index in [2.05, 4.69) is 58.4 Å². The number of methoxy groups -OCH3 is 1. The summed E-state index contributed by atoms with van der Waals surface area (Å²) in [6.45, 7) is 6.01. The normalized spacial score (nSPS) is 15.4. The maximum absolute atomic E-state index is 11.8. The van der Waals surface area contributed by atoms with Crippen molar-refractivity contribution in [3.8, 4) is 11.1 Å². The summed E-state index contributed by atoms with van der Waals surface area (Å²) in [5.41, 5.74) is 3.71. The van der Waals surface area contributed by atoms with Gasteiger partial charge in [0.2, 0.25) is 0 Å². The Kier molecular flexibility index (Phi) is 5.31. The highest BCUT2D eigenvalue weighted by Crippen LogP contribution is 2.39. The zero-order chi connectivity index (χ0) is 19.7. The van der Waals surface area contributed by atoms with Crippen LogP contribution < -0.4 is 4.90 Å². The Morgan fingerprint density at radius 1 is 1.18 bits per heavy atom. The summed E-state index contributed by atoms with van der Waals surface area (Å²) in [5.74, 6) is 1.37. The summed E-state index contributed by atoms with van der Waals surface area (Å²) in [6.07, 6.45) is 3.23. The van der Waals surface area contributed by atoms with Crippen LogP contribution in [0.25, 0.3) is 21.3 Å². The Balaban J connectivity index is 1.67. The second kappa shape index (κ2) is 7.87. The van der Waals surface area contributed by atoms with Gasteiger partial charge in [-0.15, -0.1) is 11.3 Å². The highest BCUT2D eigenvalue weighted by molar-refractivity contribution is 7.17. The van der Waals surface area contributed by atoms with Gasteiger partial charge in [-0.3, -0.25) is 4.79 Å². The van der Waals surface area contributed by atoms with Crippen LogP contribution in [0, 0.1) is 5.92 Å². The first kappa shape index (κ1) is 18.9. The molecule has 0 atom stereocenters. The highest BCUT2D eigenvalue weighted by Gasteiger charge is 2.28. The van der Waals surface area contributed by atoms with E-state index in [0.29, 0.717) is 5.92 Å². The number of rotatable bonds is 4. The zero-order valence-electron chi connectivity index (χ0n) is 16.5. The molecule has 0 unspecified atom stereocenters. The molecule has 146 valence electrons. The summed E-state index contributed by atoms with van der Waals surface area (Å²) in [5, 5.41) is 3.29. The Morgan fingerprint density at radius 3 is 2.54 bits per heavy atom. The number of ether oxygens (including phenoxy) is 1. The number of fused-ring (bicyclic) bond motifs is 1. The molecule has 0 bridgehead atoms. The predicted molar refractivity (Wildman–Crippen MR) is 114 cm³/mol. The van der Waals surface area contributed by atoms with Crippen molar-refractivity contribution in [3.05, 3.63) is 41.5 Å². The smallest absolute Gasteiger partial charge is 0.308 e. The molecule has 28 heavy (non-hydrogen) atoms. The summed E-state index contributed by atoms with van der Waals surface area (Å²) >= 11 is 1.65. The molecule has 1 aliphatic rings. The van der Waals surface area contributed by atoms with Crippen LogP contribution >= 0.6 is 11.3 Å². The fourth-order valence-corrected chi connectivity index (χ4v) is 4.76. The Labute approximate surface area is 169 Å². The van der Waals surface area contributed by atoms with Crippen molar-refractivity contribution in [2.75, 3.05) is 25.1 Å². The minimum Gasteiger partial charge on any atom is -0.469 e. The number of anilines is 1. The lowest BCUT2D eigenvalue weighted by atomic mass is 9.96. The van der Waals surface area contributed by atoms with Crippen LogP contribution in [0.2, 0.25) is 0 Å². The van der Waals surface area contributed by atoms with Gasteiger partial charge < -0.3 is 9.64 Å². The third-order valence-electron chi connectivity index (χ3n) is 5.57. The molecule has 3 heterocycles. The standard InChI is InChI=1S/C22H25N3O2S/c1-14(2)15-4-6-16(7-5-15)18-12-28-21-19(18)20(23-13-24-21)25-10-8-17(9-11-25)22(26)27-3/h4-7,12-14,17H,8-11H2,1-3H3. The van der Waals surface area contributed by atoms with Gasteiger partial charge in [-0.2, -0.15) is 0 Å². The van der Waals surface area contributed by atoms with Crippen LogP contribution in [-0.4, -0.2) is 36.1 Å². The van der Waals surface area contributed by atoms with Crippen molar-refractivity contribution >= 4 is 33.3 Å². The molecule has 0 N–H and O–H groups in total. The van der Waals surface area contributed by atoms with E-state index in [4.69, 9.17) is 4.74 Å². The molecule has 3 aromatic rings. The first-order chi connectivity index (χ1) is 13.6. The molecule has 4 rings (SSSR count). The van der Waals surface area contributed by atoms with Crippen molar-refractivity contribution < 1.29 is 9.53 Å². The summed E-state index contributed by atoms with van der Waals surface area (Å²) in [4.78, 5) is 24.2. The molecule has 1 fully saturated rings. The van der Waals surface area contributed by atoms with Gasteiger partial charge in [-0.25, -0.2) is 9.97 Å². The monoisotopic (exact) mass is 395 g/mol. The first-order valence-corrected chi connectivity index (χ1v) is 10.6. The van der Waals surface area contributed by atoms with E-state index >= 15 is 0 Å². The molecule has 0 aliphatic carbocycles. The third-order valence-corrected chi connectivity index (χ3v) is 6.45. The Hall–Kier alpha value is -2.47. The van der Waals surface area contributed by atoms with E-state index in [1.807, 2.05) is 0 Å². The highest BCUT2D eigenvalue weighted by atomic mass is 32.1. The summed E-state index contributed by atoms with van der Waals surface area (Å²) < 4.78 is 4.91. The van der Waals surface area contributed by atoms with Crippen LogP contribution in [0.3, 0.4) is 0 Å². The lowest BCUT2D eigenvalue weighted by molar-refractivity contribution is -0.146. The third kappa shape index (κ3) is 3.49. The number of carbonyl (C=O) groups excluding carboxylic acids is 1. The second-order valence-electron chi connectivity index (χ2n) is 7.59. The molecular weight excluding hydrogens is 370 g/mol. The number of hydrogen-bond acceptors (Lipinski definition) is 6. The molecule has 0 saturated carbocycles. The average molecular weight is 396 g/mol. The molecule has 0 amide bonds. The average Bonchev–Trinajstić information content (AvgIpc) is 3.17. The Bertz CT molecular complexity index is 973. The lowest BCUT2D eigenvalue weighted by Crippen LogP contribution is -2.37. The van der Waals surface area contributed by atoms with E-state index < -0.39 is 0 Å². The maximum Gasteiger partial charge on any atom is 0.308 e. The SMILES string of the molecule is COC(=O)C1CCN(c2ncnc3scc(-c4ccc(C(C)C)cc4)c23)CC1. The van der Waals surface area contributed by atoms with Crippen molar-refractivity contribution in [2.45, 2.75) is 32.6 Å². The van der Waals surface area contributed by atoms with Gasteiger partial charge in [0.1, 0.15) is 17.0 Å². The van der Waals surface area contributed by atoms with Crippen LogP contribution in [-0.2, 0) is 9.53 Å². The second-order valence-corrected chi connectivity index (χ2v) is 8.45. The van der Waals surface area contributed by atoms with Gasteiger partial charge in [0, 0.05) is 24.0 Å². The number of aromatic nitrogens is 2. The van der Waals surface area contributed by atoms with E-state index in [9.17, 15) is 4.79 Å². The fourth-order valence-electron chi connectivity index (χ4n) is 3.85. The van der Waals surface area contributed by atoms with E-state index in [1.54, 1.807) is 17.7 Å². The number of esters is 1. The molecule has 1 aliphatic heterocycles. The Morgan fingerprint density at radius 2 is 1.89 bits per heavy atom. The zero-order valence-corrected chi connectivity index (χ0v) is 17.3. The molecule has 1 saturated heterocycles. The minimum atomic E-state index is -0.103. The van der Waals surface area contributed by atoms with Gasteiger partial charge >= 0.3 is 5.97 Å². The van der Waals surface area contributed by atoms with Gasteiger partial charge in [-0.1, -0.05) is 38.1 Å². The summed E-state index contributed by atoms with van der Waals surface area (Å²) in [6, 6.07) is 8.79. The molecule has 2 aromatic heterocycles. The first-order valence-electron chi connectivity index (χ1n) is 9.73. The van der Waals surface area contributed by atoms with Crippen LogP contribution in [0.5, 0.6) is 0 Å². The number of piperidine rings is 1. The van der Waals surface area contributed by atoms with Crippen LogP contribution in [0.15, 0.2) is 36.0 Å². The summed E-state index contributed by atoms with van der Waals surface area (Å²) in [7, 11) is 1.46. The number of nitrogens with zero attached hydrogens (tertiary/aromatic N) is 3. The van der Waals surface area contributed by atoms with Crippen molar-refractivity contribution in [1.29, 1.82) is 0 Å². The maximum atomic E-state index is 11.8. The van der Waals surface area contributed by atoms with Gasteiger partial charge in [0.05, 0.1) is 18.4 Å². The topological polar surface area (TPSA) is 55.3 Å². The minimum absolute atomic E-state index is 0.0101. The number of thiophene rings is 1. The molecule has 0 radical (unpaired) electrons. The van der Waals surface area contributed by atoms with Crippen LogP contribution in [0.4, 0.5) is 5.82 Å². The van der Waals surface area contributed by atoms with Gasteiger partial charge in [0.15, 0.2) is 0 Å². The number of benzene rings is 1. The predicted octanol–water partition coefficient (Wildman–Crippen LogP) is 4.87. The molecular formula is C22H25N3O2S. The van der Waals surface area contributed by atoms with Gasteiger partial charge in [-0.05, 0) is 29.9 Å². The molecule has 0 spiro atoms. The molecule has 1 aromatic carbocycles. The fraction of sp³-hybridized carbons (Fsp3) is 0.409. The molecule has 6 heteroatoms. The molecule has 5 nitrogen and oxygen atoms in total. The van der Waals surface area contributed by atoms with Crippen molar-refractivity contribution in [3.63, 3.8) is 0 Å². The van der Waals surface area contributed by atoms with Gasteiger partial charge in [0.25, 0.3) is 0 Å². The lowest BCUT2D eigenvalue weighted by Gasteiger charge is -2.32. The quantitative estimate of drug-likeness (QED) is 0.590. The van der Waals surface area contributed by atoms with Crippen molar-refractivity contribution in [2.24, 2.45) is 5.92 Å². The van der Waals surface area contributed by atoms with E-state index in [-0.39, 0.29) is 11.9 Å². The van der Waals surface area contributed by atoms with Crippen LogP contribution in [0.1, 0.15) is 38.2 Å². The number of carbonyl (C=O) groups is 1. The largest absolute Gasteiger partial charge is 0.469 e.